The van der Waals surface area contributed by atoms with Gasteiger partial charge in [0.25, 0.3) is 5.91 Å². The minimum atomic E-state index is -0.382. The van der Waals surface area contributed by atoms with Crippen molar-refractivity contribution < 1.29 is 9.21 Å². The smallest absolute Gasteiger partial charge is 0.258 e. The van der Waals surface area contributed by atoms with E-state index in [9.17, 15) is 4.79 Å². The van der Waals surface area contributed by atoms with E-state index in [1.807, 2.05) is 31.2 Å². The van der Waals surface area contributed by atoms with Crippen molar-refractivity contribution in [3.8, 4) is 11.5 Å². The minimum absolute atomic E-state index is 0.161. The van der Waals surface area contributed by atoms with E-state index in [-0.39, 0.29) is 11.0 Å². The molecule has 2 N–H and O–H groups in total. The van der Waals surface area contributed by atoms with Crippen LogP contribution in [0.1, 0.15) is 15.9 Å². The van der Waals surface area contributed by atoms with Crippen LogP contribution in [-0.4, -0.2) is 21.0 Å². The van der Waals surface area contributed by atoms with Crippen LogP contribution < -0.4 is 10.6 Å². The van der Waals surface area contributed by atoms with E-state index in [0.717, 1.165) is 16.8 Å². The zero-order valence-corrected chi connectivity index (χ0v) is 16.8. The number of nitrogens with one attached hydrogen (secondary N) is 2. The number of nitrogens with zero attached hydrogens (tertiary/aromatic N) is 2. The van der Waals surface area contributed by atoms with Crippen molar-refractivity contribution in [3.63, 3.8) is 0 Å². The molecular weight excluding hydrogens is 408 g/mol. The molecule has 29 heavy (non-hydrogen) atoms. The van der Waals surface area contributed by atoms with Crippen LogP contribution in [-0.2, 0) is 0 Å². The predicted octanol–water partition coefficient (Wildman–Crippen LogP) is 4.98. The van der Waals surface area contributed by atoms with E-state index in [4.69, 9.17) is 28.2 Å². The molecule has 0 saturated heterocycles. The van der Waals surface area contributed by atoms with Crippen LogP contribution >= 0.6 is 23.8 Å². The Hall–Kier alpha value is -3.29. The SMILES string of the molecule is Cc1ccc(-c2nc3ncccc3o2)cc1NC(=S)NC(=O)c1ccccc1Cl. The second-order valence-corrected chi connectivity index (χ2v) is 7.08. The fourth-order valence-corrected chi connectivity index (χ4v) is 3.18. The fraction of sp³-hybridized carbons (Fsp3) is 0.0476. The molecule has 2 heterocycles. The molecule has 2 aromatic heterocycles. The lowest BCUT2D eigenvalue weighted by Crippen LogP contribution is -2.34. The van der Waals surface area contributed by atoms with Gasteiger partial charge in [-0.05, 0) is 61.1 Å². The highest BCUT2D eigenvalue weighted by molar-refractivity contribution is 7.80. The zero-order valence-electron chi connectivity index (χ0n) is 15.3. The van der Waals surface area contributed by atoms with E-state index in [2.05, 4.69) is 20.6 Å². The summed E-state index contributed by atoms with van der Waals surface area (Å²) in [5.74, 6) is 0.0692. The summed E-state index contributed by atoms with van der Waals surface area (Å²) in [6.45, 7) is 1.93. The number of hydrogen-bond acceptors (Lipinski definition) is 5. The van der Waals surface area contributed by atoms with Gasteiger partial charge in [0.05, 0.1) is 10.6 Å². The minimum Gasteiger partial charge on any atom is -0.434 e. The van der Waals surface area contributed by atoms with Gasteiger partial charge in [0.2, 0.25) is 5.89 Å². The number of carbonyl (C=O) groups is 1. The molecule has 144 valence electrons. The van der Waals surface area contributed by atoms with Crippen molar-refractivity contribution in [2.24, 2.45) is 0 Å². The fourth-order valence-electron chi connectivity index (χ4n) is 2.75. The molecule has 0 aliphatic heterocycles. The third kappa shape index (κ3) is 4.11. The molecule has 1 amide bonds. The zero-order chi connectivity index (χ0) is 20.4. The molecule has 0 aliphatic rings. The Morgan fingerprint density at radius 1 is 1.14 bits per heavy atom. The summed E-state index contributed by atoms with van der Waals surface area (Å²) in [5.41, 5.74) is 3.93. The number of aromatic nitrogens is 2. The number of fused-ring (bicyclic) bond motifs is 1. The first-order valence-corrected chi connectivity index (χ1v) is 9.49. The van der Waals surface area contributed by atoms with E-state index in [0.29, 0.717) is 27.7 Å². The van der Waals surface area contributed by atoms with Gasteiger partial charge in [0, 0.05) is 17.4 Å². The second-order valence-electron chi connectivity index (χ2n) is 6.26. The van der Waals surface area contributed by atoms with Crippen molar-refractivity contribution >= 4 is 51.8 Å². The van der Waals surface area contributed by atoms with Gasteiger partial charge in [-0.2, -0.15) is 4.98 Å². The van der Waals surface area contributed by atoms with E-state index < -0.39 is 0 Å². The Kier molecular flexibility index (Phi) is 5.24. The summed E-state index contributed by atoms with van der Waals surface area (Å²) in [6.07, 6.45) is 1.66. The molecule has 0 fully saturated rings. The monoisotopic (exact) mass is 422 g/mol. The number of aryl methyl sites for hydroxylation is 1. The Labute approximate surface area is 176 Å². The Bertz CT molecular complexity index is 1210. The maximum atomic E-state index is 12.4. The number of carbonyl (C=O) groups excluding carboxylic acids is 1. The Morgan fingerprint density at radius 2 is 1.97 bits per heavy atom. The second kappa shape index (κ2) is 7.98. The van der Waals surface area contributed by atoms with Crippen LogP contribution in [0.15, 0.2) is 65.2 Å². The number of oxazole rings is 1. The van der Waals surface area contributed by atoms with Gasteiger partial charge >= 0.3 is 0 Å². The van der Waals surface area contributed by atoms with E-state index >= 15 is 0 Å². The quantitative estimate of drug-likeness (QED) is 0.453. The standard InChI is InChI=1S/C21H15ClN4O2S/c1-12-8-9-13(20-25-18-17(28-20)7-4-10-23-18)11-16(12)24-21(29)26-19(27)14-5-2-3-6-15(14)22/h2-11H,1H3,(H2,24,26,27,29). The maximum Gasteiger partial charge on any atom is 0.258 e. The molecule has 2 aromatic carbocycles. The summed E-state index contributed by atoms with van der Waals surface area (Å²) in [4.78, 5) is 21.0. The summed E-state index contributed by atoms with van der Waals surface area (Å²) < 4.78 is 5.77. The van der Waals surface area contributed by atoms with E-state index in [1.54, 1.807) is 36.5 Å². The first-order chi connectivity index (χ1) is 14.0. The van der Waals surface area contributed by atoms with Gasteiger partial charge in [-0.1, -0.05) is 29.8 Å². The van der Waals surface area contributed by atoms with E-state index in [1.165, 1.54) is 0 Å². The van der Waals surface area contributed by atoms with Gasteiger partial charge in [-0.3, -0.25) is 10.1 Å². The molecular formula is C21H15ClN4O2S. The number of hydrogen-bond donors (Lipinski definition) is 2. The molecule has 0 atom stereocenters. The molecule has 8 heteroatoms. The normalized spacial score (nSPS) is 10.7. The van der Waals surface area contributed by atoms with Crippen molar-refractivity contribution in [1.29, 1.82) is 0 Å². The summed E-state index contributed by atoms with van der Waals surface area (Å²) in [7, 11) is 0. The first-order valence-electron chi connectivity index (χ1n) is 8.71. The van der Waals surface area contributed by atoms with Gasteiger partial charge < -0.3 is 9.73 Å². The first kappa shape index (κ1) is 19.0. The average Bonchev–Trinajstić information content (AvgIpc) is 3.14. The predicted molar refractivity (Wildman–Crippen MR) is 117 cm³/mol. The lowest BCUT2D eigenvalue weighted by atomic mass is 10.1. The molecule has 0 spiro atoms. The van der Waals surface area contributed by atoms with Crippen molar-refractivity contribution in [2.75, 3.05) is 5.32 Å². The molecule has 0 saturated carbocycles. The van der Waals surface area contributed by atoms with Crippen LogP contribution in [0.2, 0.25) is 5.02 Å². The molecule has 6 nitrogen and oxygen atoms in total. The Balaban J connectivity index is 1.54. The number of amides is 1. The van der Waals surface area contributed by atoms with Gasteiger partial charge in [0.1, 0.15) is 0 Å². The molecule has 0 aliphatic carbocycles. The highest BCUT2D eigenvalue weighted by Crippen LogP contribution is 2.27. The third-order valence-electron chi connectivity index (χ3n) is 4.24. The highest BCUT2D eigenvalue weighted by atomic mass is 35.5. The summed E-state index contributed by atoms with van der Waals surface area (Å²) >= 11 is 11.4. The Morgan fingerprint density at radius 3 is 2.76 bits per heavy atom. The molecule has 4 rings (SSSR count). The topological polar surface area (TPSA) is 80.1 Å². The van der Waals surface area contributed by atoms with Crippen LogP contribution in [0.25, 0.3) is 22.7 Å². The maximum absolute atomic E-state index is 12.4. The lowest BCUT2D eigenvalue weighted by molar-refractivity contribution is 0.0978. The van der Waals surface area contributed by atoms with Crippen LogP contribution in [0, 0.1) is 6.92 Å². The van der Waals surface area contributed by atoms with Crippen molar-refractivity contribution in [3.05, 3.63) is 76.9 Å². The van der Waals surface area contributed by atoms with Gasteiger partial charge in [0.15, 0.2) is 16.3 Å². The molecule has 4 aromatic rings. The number of rotatable bonds is 3. The average molecular weight is 423 g/mol. The van der Waals surface area contributed by atoms with Gasteiger partial charge in [-0.25, -0.2) is 4.98 Å². The van der Waals surface area contributed by atoms with Crippen molar-refractivity contribution in [1.82, 2.24) is 15.3 Å². The highest BCUT2D eigenvalue weighted by Gasteiger charge is 2.14. The van der Waals surface area contributed by atoms with Crippen LogP contribution in [0.3, 0.4) is 0 Å². The number of halogens is 1. The summed E-state index contributed by atoms with van der Waals surface area (Å²) in [6, 6.07) is 16.0. The lowest BCUT2D eigenvalue weighted by Gasteiger charge is -2.13. The molecule has 0 bridgehead atoms. The van der Waals surface area contributed by atoms with Crippen LogP contribution in [0.4, 0.5) is 5.69 Å². The third-order valence-corrected chi connectivity index (χ3v) is 4.78. The largest absolute Gasteiger partial charge is 0.434 e. The van der Waals surface area contributed by atoms with Gasteiger partial charge in [-0.15, -0.1) is 0 Å². The number of benzene rings is 2. The number of pyridine rings is 1. The molecule has 0 radical (unpaired) electrons. The molecule has 0 unspecified atom stereocenters. The van der Waals surface area contributed by atoms with Crippen molar-refractivity contribution in [2.45, 2.75) is 6.92 Å². The van der Waals surface area contributed by atoms with Crippen LogP contribution in [0.5, 0.6) is 0 Å². The number of thiocarbonyl (C=S) groups is 1. The summed E-state index contributed by atoms with van der Waals surface area (Å²) in [5, 5.41) is 6.21. The number of anilines is 1.